The van der Waals surface area contributed by atoms with Crippen LogP contribution in [0.1, 0.15) is 12.6 Å². The van der Waals surface area contributed by atoms with Crippen molar-refractivity contribution in [1.29, 1.82) is 0 Å². The summed E-state index contributed by atoms with van der Waals surface area (Å²) < 4.78 is 9.30. The third kappa shape index (κ3) is 1.93. The van der Waals surface area contributed by atoms with Gasteiger partial charge in [-0.1, -0.05) is 0 Å². The van der Waals surface area contributed by atoms with Crippen molar-refractivity contribution in [3.05, 3.63) is 27.2 Å². The Bertz CT molecular complexity index is 804. The lowest BCUT2D eigenvalue weighted by Gasteiger charge is -2.14. The van der Waals surface area contributed by atoms with Gasteiger partial charge in [-0.05, 0) is 0 Å². The van der Waals surface area contributed by atoms with Crippen LogP contribution in [0.3, 0.4) is 0 Å². The quantitative estimate of drug-likeness (QED) is 0.668. The molecule has 0 aliphatic carbocycles. The second kappa shape index (κ2) is 4.79. The Morgan fingerprint density at radius 2 is 2.10 bits per heavy atom. The molecule has 3 rings (SSSR count). The Hall–Kier alpha value is -1.97. The molecule has 0 amide bonds. The first-order valence-corrected chi connectivity index (χ1v) is 6.52. The van der Waals surface area contributed by atoms with Gasteiger partial charge in [0.15, 0.2) is 11.2 Å². The van der Waals surface area contributed by atoms with Crippen LogP contribution in [0.4, 0.5) is 0 Å². The summed E-state index contributed by atoms with van der Waals surface area (Å²) in [5, 5.41) is 18.9. The van der Waals surface area contributed by atoms with Crippen LogP contribution in [0.5, 0.6) is 0 Å². The van der Waals surface area contributed by atoms with Gasteiger partial charge in [0.2, 0.25) is 0 Å². The molecule has 0 spiro atoms. The fraction of sp³-hybridized carbons (Fsp3) is 0.583. The fourth-order valence-corrected chi connectivity index (χ4v) is 2.63. The summed E-state index contributed by atoms with van der Waals surface area (Å²) in [6, 6.07) is 0. The predicted octanol–water partition coefficient (Wildman–Crippen LogP) is -1.93. The first-order valence-electron chi connectivity index (χ1n) is 6.52. The smallest absolute Gasteiger partial charge is 0.332 e. The molecule has 114 valence electrons. The predicted molar refractivity (Wildman–Crippen MR) is 71.8 cm³/mol. The highest BCUT2D eigenvalue weighted by Crippen LogP contribution is 2.29. The largest absolute Gasteiger partial charge is 0.394 e. The normalized spacial score (nSPS) is 25.8. The first-order chi connectivity index (χ1) is 9.95. The minimum atomic E-state index is -0.811. The van der Waals surface area contributed by atoms with E-state index in [1.165, 1.54) is 29.6 Å². The van der Waals surface area contributed by atoms with Crippen LogP contribution in [0.25, 0.3) is 11.2 Å². The lowest BCUT2D eigenvalue weighted by atomic mass is 10.2. The number of imidazole rings is 1. The van der Waals surface area contributed by atoms with E-state index in [9.17, 15) is 14.7 Å². The molecule has 0 saturated carbocycles. The number of aryl methyl sites for hydroxylation is 1. The van der Waals surface area contributed by atoms with E-state index in [0.29, 0.717) is 0 Å². The number of aliphatic hydroxyl groups excluding tert-OH is 2. The van der Waals surface area contributed by atoms with Crippen molar-refractivity contribution in [2.24, 2.45) is 14.1 Å². The van der Waals surface area contributed by atoms with Crippen LogP contribution in [0, 0.1) is 0 Å². The summed E-state index contributed by atoms with van der Waals surface area (Å²) in [5.74, 6) is 0. The van der Waals surface area contributed by atoms with E-state index in [-0.39, 0.29) is 24.2 Å². The number of aromatic nitrogens is 4. The van der Waals surface area contributed by atoms with Gasteiger partial charge in [0.25, 0.3) is 5.56 Å². The number of fused-ring (bicyclic) bond motifs is 1. The van der Waals surface area contributed by atoms with Gasteiger partial charge in [0.1, 0.15) is 12.3 Å². The number of rotatable bonds is 2. The van der Waals surface area contributed by atoms with Gasteiger partial charge in [0, 0.05) is 20.5 Å². The maximum atomic E-state index is 12.3. The highest BCUT2D eigenvalue weighted by Gasteiger charge is 2.35. The number of aliphatic hydroxyl groups is 2. The van der Waals surface area contributed by atoms with Crippen molar-refractivity contribution in [2.45, 2.75) is 24.9 Å². The molecule has 21 heavy (non-hydrogen) atoms. The summed E-state index contributed by atoms with van der Waals surface area (Å²) >= 11 is 0. The highest BCUT2D eigenvalue weighted by molar-refractivity contribution is 5.70. The molecule has 3 atom stereocenters. The van der Waals surface area contributed by atoms with Gasteiger partial charge < -0.3 is 14.9 Å². The maximum Gasteiger partial charge on any atom is 0.332 e. The number of hydrogen-bond donors (Lipinski definition) is 2. The Morgan fingerprint density at radius 1 is 1.38 bits per heavy atom. The van der Waals surface area contributed by atoms with Crippen molar-refractivity contribution < 1.29 is 14.9 Å². The van der Waals surface area contributed by atoms with E-state index in [0.717, 1.165) is 4.57 Å². The zero-order valence-electron chi connectivity index (χ0n) is 11.6. The zero-order valence-corrected chi connectivity index (χ0v) is 11.6. The molecule has 0 bridgehead atoms. The van der Waals surface area contributed by atoms with E-state index in [1.54, 1.807) is 0 Å². The van der Waals surface area contributed by atoms with Crippen LogP contribution in [0.2, 0.25) is 0 Å². The van der Waals surface area contributed by atoms with E-state index in [1.807, 2.05) is 0 Å². The maximum absolute atomic E-state index is 12.3. The molecular weight excluding hydrogens is 280 g/mol. The molecule has 2 N–H and O–H groups in total. The second-order valence-corrected chi connectivity index (χ2v) is 5.14. The molecular formula is C12H16N4O5. The summed E-state index contributed by atoms with van der Waals surface area (Å²) in [5.41, 5.74) is -0.446. The van der Waals surface area contributed by atoms with E-state index >= 15 is 0 Å². The van der Waals surface area contributed by atoms with Gasteiger partial charge in [0.05, 0.1) is 19.0 Å². The fourth-order valence-electron chi connectivity index (χ4n) is 2.63. The lowest BCUT2D eigenvalue weighted by Crippen LogP contribution is -2.37. The van der Waals surface area contributed by atoms with Crippen LogP contribution < -0.4 is 11.2 Å². The Labute approximate surface area is 118 Å². The summed E-state index contributed by atoms with van der Waals surface area (Å²) in [4.78, 5) is 28.2. The minimum absolute atomic E-state index is 0.232. The summed E-state index contributed by atoms with van der Waals surface area (Å²) in [6.45, 7) is -0.305. The Morgan fingerprint density at radius 3 is 2.71 bits per heavy atom. The van der Waals surface area contributed by atoms with Crippen molar-refractivity contribution in [3.63, 3.8) is 0 Å². The molecule has 9 nitrogen and oxygen atoms in total. The molecule has 1 aliphatic heterocycles. The van der Waals surface area contributed by atoms with E-state index < -0.39 is 29.7 Å². The van der Waals surface area contributed by atoms with Crippen LogP contribution >= 0.6 is 0 Å². The van der Waals surface area contributed by atoms with Gasteiger partial charge in [-0.15, -0.1) is 0 Å². The van der Waals surface area contributed by atoms with E-state index in [4.69, 9.17) is 9.84 Å². The molecule has 0 unspecified atom stereocenters. The standard InChI is InChI=1S/C12H16N4O5/c1-14-10-9(11(19)15(2)12(14)20)16(5-13-10)8-3-6(18)7(4-17)21-8/h5-8,17-18H,3-4H2,1-2H3/t6-,7+,8+/m0/s1. The zero-order chi connectivity index (χ0) is 15.3. The highest BCUT2D eigenvalue weighted by atomic mass is 16.5. The molecule has 3 heterocycles. The average Bonchev–Trinajstić information content (AvgIpc) is 3.06. The number of hydrogen-bond acceptors (Lipinski definition) is 6. The summed E-state index contributed by atoms with van der Waals surface area (Å²) in [7, 11) is 2.92. The van der Waals surface area contributed by atoms with Gasteiger partial charge >= 0.3 is 5.69 Å². The Balaban J connectivity index is 2.18. The van der Waals surface area contributed by atoms with Gasteiger partial charge in [-0.2, -0.15) is 0 Å². The van der Waals surface area contributed by atoms with E-state index in [2.05, 4.69) is 4.98 Å². The number of ether oxygens (including phenoxy) is 1. The van der Waals surface area contributed by atoms with Crippen LogP contribution in [-0.2, 0) is 18.8 Å². The van der Waals surface area contributed by atoms with Crippen molar-refractivity contribution in [2.75, 3.05) is 6.61 Å². The average molecular weight is 296 g/mol. The molecule has 0 aromatic carbocycles. The first kappa shape index (κ1) is 14.0. The van der Waals surface area contributed by atoms with Crippen LogP contribution in [0.15, 0.2) is 15.9 Å². The van der Waals surface area contributed by atoms with Crippen molar-refractivity contribution >= 4 is 11.2 Å². The monoisotopic (exact) mass is 296 g/mol. The lowest BCUT2D eigenvalue weighted by molar-refractivity contribution is -0.0431. The van der Waals surface area contributed by atoms with Gasteiger partial charge in [-0.3, -0.25) is 18.5 Å². The third-order valence-corrected chi connectivity index (χ3v) is 3.87. The second-order valence-electron chi connectivity index (χ2n) is 5.14. The van der Waals surface area contributed by atoms with Crippen molar-refractivity contribution in [1.82, 2.24) is 18.7 Å². The molecule has 9 heteroatoms. The Kier molecular flexibility index (Phi) is 3.19. The SMILES string of the molecule is Cn1c(=O)c2c(ncn2[C@H]2C[C@H](O)[C@@H](CO)O2)n(C)c1=O. The van der Waals surface area contributed by atoms with Crippen molar-refractivity contribution in [3.8, 4) is 0 Å². The molecule has 1 fully saturated rings. The molecule has 1 aliphatic rings. The van der Waals surface area contributed by atoms with Crippen LogP contribution in [-0.4, -0.2) is 47.7 Å². The molecule has 0 radical (unpaired) electrons. The number of nitrogens with zero attached hydrogens (tertiary/aromatic N) is 4. The molecule has 1 saturated heterocycles. The summed E-state index contributed by atoms with van der Waals surface area (Å²) in [6.07, 6.45) is -0.462. The molecule has 2 aromatic rings. The molecule has 2 aromatic heterocycles. The third-order valence-electron chi connectivity index (χ3n) is 3.87. The topological polar surface area (TPSA) is 112 Å². The minimum Gasteiger partial charge on any atom is -0.394 e. The van der Waals surface area contributed by atoms with Gasteiger partial charge in [-0.25, -0.2) is 9.78 Å².